The molecule has 2 rings (SSSR count). The molecule has 2 atom stereocenters. The predicted octanol–water partition coefficient (Wildman–Crippen LogP) is -1.62. The summed E-state index contributed by atoms with van der Waals surface area (Å²) in [6.07, 6.45) is 1.02. The van der Waals surface area contributed by atoms with Gasteiger partial charge in [0.2, 0.25) is 11.8 Å². The number of amides is 2. The highest BCUT2D eigenvalue weighted by molar-refractivity contribution is 5.82. The molecule has 0 aliphatic carbocycles. The molecule has 2 aliphatic heterocycles. The molecule has 2 saturated heterocycles. The fourth-order valence-corrected chi connectivity index (χ4v) is 2.78. The smallest absolute Gasteiger partial charge is 0.239 e. The summed E-state index contributed by atoms with van der Waals surface area (Å²) < 4.78 is 0. The second-order valence-electron chi connectivity index (χ2n) is 5.80. The van der Waals surface area contributed by atoms with Crippen molar-refractivity contribution in [2.24, 2.45) is 0 Å². The van der Waals surface area contributed by atoms with E-state index in [1.807, 2.05) is 11.8 Å². The normalized spacial score (nSPS) is 26.9. The van der Waals surface area contributed by atoms with Crippen LogP contribution in [0.4, 0.5) is 0 Å². The molecule has 2 amide bonds. The van der Waals surface area contributed by atoms with E-state index in [2.05, 4.69) is 15.5 Å². The molecule has 0 spiro atoms. The maximum Gasteiger partial charge on any atom is 0.239 e. The van der Waals surface area contributed by atoms with E-state index in [0.29, 0.717) is 39.1 Å². The standard InChI is InChI=1S/C14H26N4O3/c1-2-3-15-13(20)10-17-4-6-18(7-5-17)14(21)12-8-11(19)9-16-12/h11-12,16,19H,2-10H2,1H3,(H,15,20). The van der Waals surface area contributed by atoms with Crippen LogP contribution in [0.1, 0.15) is 19.8 Å². The van der Waals surface area contributed by atoms with Crippen LogP contribution in [0.3, 0.4) is 0 Å². The molecule has 0 radical (unpaired) electrons. The molecule has 0 aromatic carbocycles. The number of nitrogens with zero attached hydrogens (tertiary/aromatic N) is 2. The maximum absolute atomic E-state index is 12.3. The Hall–Kier alpha value is -1.18. The lowest BCUT2D eigenvalue weighted by molar-refractivity contribution is -0.135. The molecule has 7 heteroatoms. The second-order valence-corrected chi connectivity index (χ2v) is 5.80. The van der Waals surface area contributed by atoms with Crippen LogP contribution in [-0.2, 0) is 9.59 Å². The molecule has 7 nitrogen and oxygen atoms in total. The summed E-state index contributed by atoms with van der Waals surface area (Å²) >= 11 is 0. The zero-order valence-corrected chi connectivity index (χ0v) is 12.7. The number of rotatable bonds is 5. The first-order valence-corrected chi connectivity index (χ1v) is 7.79. The third-order valence-electron chi connectivity index (χ3n) is 4.03. The van der Waals surface area contributed by atoms with Crippen LogP contribution >= 0.6 is 0 Å². The summed E-state index contributed by atoms with van der Waals surface area (Å²) in [6.45, 7) is 6.38. The molecule has 2 fully saturated rings. The molecule has 0 aromatic heterocycles. The van der Waals surface area contributed by atoms with Crippen molar-refractivity contribution in [2.75, 3.05) is 45.8 Å². The molecule has 0 bridgehead atoms. The first-order valence-electron chi connectivity index (χ1n) is 7.79. The van der Waals surface area contributed by atoms with Crippen molar-refractivity contribution in [2.45, 2.75) is 31.9 Å². The van der Waals surface area contributed by atoms with E-state index in [1.54, 1.807) is 0 Å². The van der Waals surface area contributed by atoms with Crippen LogP contribution in [0.25, 0.3) is 0 Å². The highest BCUT2D eigenvalue weighted by atomic mass is 16.3. The third kappa shape index (κ3) is 4.66. The van der Waals surface area contributed by atoms with Gasteiger partial charge >= 0.3 is 0 Å². The van der Waals surface area contributed by atoms with Crippen LogP contribution in [0.15, 0.2) is 0 Å². The summed E-state index contributed by atoms with van der Waals surface area (Å²) in [7, 11) is 0. The molecule has 2 heterocycles. The van der Waals surface area contributed by atoms with Crippen LogP contribution in [0.5, 0.6) is 0 Å². The van der Waals surface area contributed by atoms with Gasteiger partial charge in [0.1, 0.15) is 0 Å². The van der Waals surface area contributed by atoms with E-state index in [4.69, 9.17) is 0 Å². The largest absolute Gasteiger partial charge is 0.392 e. The second kappa shape index (κ2) is 7.72. The van der Waals surface area contributed by atoms with E-state index in [0.717, 1.165) is 19.5 Å². The number of nitrogens with one attached hydrogen (secondary N) is 2. The van der Waals surface area contributed by atoms with E-state index in [1.165, 1.54) is 0 Å². The lowest BCUT2D eigenvalue weighted by atomic mass is 10.1. The van der Waals surface area contributed by atoms with Gasteiger partial charge in [-0.2, -0.15) is 0 Å². The molecule has 21 heavy (non-hydrogen) atoms. The highest BCUT2D eigenvalue weighted by Crippen LogP contribution is 2.11. The Morgan fingerprint density at radius 3 is 2.57 bits per heavy atom. The van der Waals surface area contributed by atoms with Gasteiger partial charge < -0.3 is 20.6 Å². The van der Waals surface area contributed by atoms with Gasteiger partial charge in [-0.25, -0.2) is 0 Å². The summed E-state index contributed by atoms with van der Waals surface area (Å²) in [5.74, 6) is 0.124. The van der Waals surface area contributed by atoms with E-state index < -0.39 is 6.10 Å². The summed E-state index contributed by atoms with van der Waals surface area (Å²) in [5, 5.41) is 15.4. The molecule has 3 N–H and O–H groups in total. The number of carbonyl (C=O) groups excluding carboxylic acids is 2. The van der Waals surface area contributed by atoms with Gasteiger partial charge in [0.05, 0.1) is 18.7 Å². The summed E-state index contributed by atoms with van der Waals surface area (Å²) in [6, 6.07) is -0.251. The van der Waals surface area contributed by atoms with E-state index >= 15 is 0 Å². The lowest BCUT2D eigenvalue weighted by Crippen LogP contribution is -2.54. The number of hydrogen-bond acceptors (Lipinski definition) is 5. The Balaban J connectivity index is 1.70. The quantitative estimate of drug-likeness (QED) is 0.568. The van der Waals surface area contributed by atoms with Crippen LogP contribution in [-0.4, -0.2) is 84.7 Å². The monoisotopic (exact) mass is 298 g/mol. The topological polar surface area (TPSA) is 84.9 Å². The van der Waals surface area contributed by atoms with Crippen molar-refractivity contribution >= 4 is 11.8 Å². The van der Waals surface area contributed by atoms with Crippen molar-refractivity contribution in [3.8, 4) is 0 Å². The number of piperazine rings is 1. The Kier molecular flexibility index (Phi) is 5.96. The highest BCUT2D eigenvalue weighted by Gasteiger charge is 2.32. The first kappa shape index (κ1) is 16.2. The zero-order chi connectivity index (χ0) is 15.2. The molecular formula is C14H26N4O3. The SMILES string of the molecule is CCCNC(=O)CN1CCN(C(=O)C2CC(O)CN2)CC1. The van der Waals surface area contributed by atoms with Crippen LogP contribution in [0, 0.1) is 0 Å². The molecule has 0 aromatic rings. The zero-order valence-electron chi connectivity index (χ0n) is 12.7. The van der Waals surface area contributed by atoms with Crippen LogP contribution < -0.4 is 10.6 Å². The van der Waals surface area contributed by atoms with Gasteiger partial charge in [-0.05, 0) is 12.8 Å². The van der Waals surface area contributed by atoms with Crippen molar-refractivity contribution in [3.05, 3.63) is 0 Å². The van der Waals surface area contributed by atoms with Crippen molar-refractivity contribution in [1.82, 2.24) is 20.4 Å². The van der Waals surface area contributed by atoms with Gasteiger partial charge in [0.15, 0.2) is 0 Å². The van der Waals surface area contributed by atoms with E-state index in [9.17, 15) is 14.7 Å². The van der Waals surface area contributed by atoms with Gasteiger partial charge in [-0.3, -0.25) is 14.5 Å². The number of hydrogen-bond donors (Lipinski definition) is 3. The number of aliphatic hydroxyl groups excluding tert-OH is 1. The van der Waals surface area contributed by atoms with Crippen molar-refractivity contribution in [3.63, 3.8) is 0 Å². The average molecular weight is 298 g/mol. The minimum absolute atomic E-state index is 0.0530. The lowest BCUT2D eigenvalue weighted by Gasteiger charge is -2.35. The van der Waals surface area contributed by atoms with Gasteiger partial charge in [0.25, 0.3) is 0 Å². The number of carbonyl (C=O) groups is 2. The van der Waals surface area contributed by atoms with Gasteiger partial charge in [-0.15, -0.1) is 0 Å². The van der Waals surface area contributed by atoms with Gasteiger partial charge in [-0.1, -0.05) is 6.92 Å². The molecule has 2 unspecified atom stereocenters. The minimum atomic E-state index is -0.414. The van der Waals surface area contributed by atoms with Gasteiger partial charge in [0, 0.05) is 39.3 Å². The fraction of sp³-hybridized carbons (Fsp3) is 0.857. The molecule has 2 aliphatic rings. The Morgan fingerprint density at radius 2 is 2.00 bits per heavy atom. The van der Waals surface area contributed by atoms with Crippen LogP contribution in [0.2, 0.25) is 0 Å². The van der Waals surface area contributed by atoms with E-state index in [-0.39, 0.29) is 17.9 Å². The minimum Gasteiger partial charge on any atom is -0.392 e. The summed E-state index contributed by atoms with van der Waals surface area (Å²) in [4.78, 5) is 27.8. The third-order valence-corrected chi connectivity index (χ3v) is 4.03. The number of β-amino-alcohol motifs (C(OH)–C–C–N with tert-alkyl or cyclic N) is 1. The van der Waals surface area contributed by atoms with Crippen molar-refractivity contribution < 1.29 is 14.7 Å². The Bertz CT molecular complexity index is 369. The summed E-state index contributed by atoms with van der Waals surface area (Å²) in [5.41, 5.74) is 0. The fourth-order valence-electron chi connectivity index (χ4n) is 2.78. The Morgan fingerprint density at radius 1 is 1.29 bits per heavy atom. The maximum atomic E-state index is 12.3. The predicted molar refractivity (Wildman–Crippen MR) is 78.7 cm³/mol. The van der Waals surface area contributed by atoms with Crippen molar-refractivity contribution in [1.29, 1.82) is 0 Å². The first-order chi connectivity index (χ1) is 10.1. The Labute approximate surface area is 125 Å². The average Bonchev–Trinajstić information content (AvgIpc) is 2.92. The molecule has 0 saturated carbocycles. The molecular weight excluding hydrogens is 272 g/mol. The number of aliphatic hydroxyl groups is 1. The molecule has 120 valence electrons.